The third kappa shape index (κ3) is 3.89. The molecule has 4 nitrogen and oxygen atoms in total. The van der Waals surface area contributed by atoms with Gasteiger partial charge in [-0.2, -0.15) is 0 Å². The van der Waals surface area contributed by atoms with Gasteiger partial charge in [0.1, 0.15) is 5.78 Å². The first kappa shape index (κ1) is 21.0. The van der Waals surface area contributed by atoms with Gasteiger partial charge in [-0.25, -0.2) is 0 Å². The zero-order valence-corrected chi connectivity index (χ0v) is 17.6. The molecule has 0 heterocycles. The van der Waals surface area contributed by atoms with E-state index in [0.29, 0.717) is 11.5 Å². The van der Waals surface area contributed by atoms with Gasteiger partial charge in [0.25, 0.3) is 0 Å². The van der Waals surface area contributed by atoms with Crippen LogP contribution in [0.4, 0.5) is 0 Å². The second-order valence-corrected chi connectivity index (χ2v) is 9.65. The van der Waals surface area contributed by atoms with Gasteiger partial charge >= 0.3 is 7.60 Å². The molecule has 1 unspecified atom stereocenters. The van der Waals surface area contributed by atoms with E-state index in [4.69, 9.17) is 26.4 Å². The molecule has 6 heteroatoms. The maximum atomic E-state index is 13.3. The maximum absolute atomic E-state index is 13.3. The van der Waals surface area contributed by atoms with Crippen molar-refractivity contribution in [2.75, 3.05) is 14.2 Å². The van der Waals surface area contributed by atoms with Crippen molar-refractivity contribution in [1.82, 2.24) is 0 Å². The molecule has 0 spiro atoms. The van der Waals surface area contributed by atoms with Crippen molar-refractivity contribution >= 4 is 19.2 Å². The van der Waals surface area contributed by atoms with Crippen molar-refractivity contribution in [1.29, 1.82) is 0 Å². The molecule has 2 aromatic rings. The van der Waals surface area contributed by atoms with E-state index in [-0.39, 0.29) is 5.92 Å². The van der Waals surface area contributed by atoms with Crippen LogP contribution in [-0.2, 0) is 13.6 Å². The van der Waals surface area contributed by atoms with Crippen LogP contribution >= 0.6 is 19.2 Å². The Labute approximate surface area is 171 Å². The van der Waals surface area contributed by atoms with Gasteiger partial charge in [-0.15, -0.1) is 0 Å². The van der Waals surface area contributed by atoms with E-state index < -0.39 is 18.8 Å². The van der Waals surface area contributed by atoms with Crippen molar-refractivity contribution in [3.8, 4) is 0 Å². The number of hydrogen-bond donors (Lipinski definition) is 1. The van der Waals surface area contributed by atoms with E-state index in [0.717, 1.165) is 11.1 Å². The fourth-order valence-corrected chi connectivity index (χ4v) is 5.62. The summed E-state index contributed by atoms with van der Waals surface area (Å²) in [7, 11) is -0.830. The Balaban J connectivity index is 2.24. The summed E-state index contributed by atoms with van der Waals surface area (Å²) in [5.41, 5.74) is 8.06. The van der Waals surface area contributed by atoms with Crippen LogP contribution in [0, 0.1) is 5.41 Å². The largest absolute Gasteiger partial charge is 0.347 e. The summed E-state index contributed by atoms with van der Waals surface area (Å²) in [6, 6.07) is 20.2. The van der Waals surface area contributed by atoms with Gasteiger partial charge in [-0.1, -0.05) is 84.4 Å². The summed E-state index contributed by atoms with van der Waals surface area (Å²) in [4.78, 5) is 0. The minimum atomic E-state index is -3.57. The Morgan fingerprint density at radius 3 is 1.89 bits per heavy atom. The average Bonchev–Trinajstić information content (AvgIpc) is 2.76. The number of allylic oxidation sites excluding steroid dienone is 3. The van der Waals surface area contributed by atoms with E-state index in [2.05, 4.69) is 24.3 Å². The second kappa shape index (κ2) is 8.77. The molecule has 1 aliphatic rings. The van der Waals surface area contributed by atoms with Gasteiger partial charge in [-0.3, -0.25) is 4.57 Å². The van der Waals surface area contributed by atoms with Crippen molar-refractivity contribution < 1.29 is 13.6 Å². The fraction of sp³-hybridized carbons (Fsp3) is 0.273. The highest BCUT2D eigenvalue weighted by molar-refractivity contribution is 7.54. The number of halogens is 1. The Morgan fingerprint density at radius 1 is 1.00 bits per heavy atom. The number of nitrogens with two attached hydrogens (primary N) is 1. The molecule has 0 radical (unpaired) electrons. The lowest BCUT2D eigenvalue weighted by Gasteiger charge is -2.45. The Bertz CT molecular complexity index is 853. The van der Waals surface area contributed by atoms with E-state index in [1.807, 2.05) is 54.6 Å². The van der Waals surface area contributed by atoms with E-state index in [1.165, 1.54) is 14.2 Å². The zero-order valence-electron chi connectivity index (χ0n) is 16.0. The zero-order chi connectivity index (χ0) is 20.2. The van der Waals surface area contributed by atoms with Gasteiger partial charge in [0, 0.05) is 30.6 Å². The molecular weight excluding hydrogens is 393 g/mol. The van der Waals surface area contributed by atoms with Crippen molar-refractivity contribution in [2.45, 2.75) is 18.1 Å². The summed E-state index contributed by atoms with van der Waals surface area (Å²) in [6.07, 6.45) is 6.21. The standard InChI is InChI=1S/C22H25ClNO3P/c1-26-28(25,27-2)21(24)22(15-13-19(23)14-16-22)20(17-9-5-3-6-10-17)18-11-7-4-8-12-18/h3-15,20-21H,16,24H2,1-2H3/t21-,22?/m1/s1. The Hall–Kier alpha value is -1.68. The lowest BCUT2D eigenvalue weighted by Crippen LogP contribution is -2.46. The van der Waals surface area contributed by atoms with Crippen molar-refractivity contribution in [2.24, 2.45) is 11.1 Å². The molecule has 2 aromatic carbocycles. The van der Waals surface area contributed by atoms with Crippen molar-refractivity contribution in [3.63, 3.8) is 0 Å². The lowest BCUT2D eigenvalue weighted by molar-refractivity contribution is 0.221. The van der Waals surface area contributed by atoms with Gasteiger partial charge in [-0.05, 0) is 23.6 Å². The molecule has 0 amide bonds. The second-order valence-electron chi connectivity index (χ2n) is 6.84. The predicted molar refractivity (Wildman–Crippen MR) is 114 cm³/mol. The molecule has 148 valence electrons. The monoisotopic (exact) mass is 417 g/mol. The summed E-state index contributed by atoms with van der Waals surface area (Å²) in [5, 5.41) is 0.632. The first-order valence-electron chi connectivity index (χ1n) is 9.08. The molecule has 1 aliphatic carbocycles. The molecular formula is C22H25ClNO3P. The maximum Gasteiger partial charge on any atom is 0.347 e. The molecule has 0 fully saturated rings. The normalized spacial score (nSPS) is 20.8. The summed E-state index contributed by atoms with van der Waals surface area (Å²) in [5.74, 6) is -1.06. The van der Waals surface area contributed by atoms with E-state index >= 15 is 0 Å². The molecule has 28 heavy (non-hydrogen) atoms. The van der Waals surface area contributed by atoms with Crippen LogP contribution in [0.3, 0.4) is 0 Å². The van der Waals surface area contributed by atoms with Crippen LogP contribution in [0.2, 0.25) is 0 Å². The number of benzene rings is 2. The quantitative estimate of drug-likeness (QED) is 0.590. The summed E-state index contributed by atoms with van der Waals surface area (Å²) in [6.45, 7) is 0. The molecule has 0 bridgehead atoms. The highest BCUT2D eigenvalue weighted by Gasteiger charge is 2.52. The van der Waals surface area contributed by atoms with Gasteiger partial charge in [0.2, 0.25) is 0 Å². The highest BCUT2D eigenvalue weighted by Crippen LogP contribution is 2.62. The third-order valence-corrected chi connectivity index (χ3v) is 7.87. The van der Waals surface area contributed by atoms with Crippen LogP contribution in [0.15, 0.2) is 83.9 Å². The SMILES string of the molecule is COP(=O)(OC)[C@@H](N)C1(C(c2ccccc2)c2ccccc2)C=CC(Cl)=CC1. The van der Waals surface area contributed by atoms with Crippen LogP contribution < -0.4 is 5.73 Å². The molecule has 0 aromatic heterocycles. The average molecular weight is 418 g/mol. The number of hydrogen-bond acceptors (Lipinski definition) is 4. The van der Waals surface area contributed by atoms with Crippen molar-refractivity contribution in [3.05, 3.63) is 95.1 Å². The third-order valence-electron chi connectivity index (χ3n) is 5.41. The fourth-order valence-electron chi connectivity index (χ4n) is 3.95. The molecule has 3 rings (SSSR count). The lowest BCUT2D eigenvalue weighted by atomic mass is 9.65. The molecule has 2 atom stereocenters. The van der Waals surface area contributed by atoms with E-state index in [1.54, 1.807) is 0 Å². The topological polar surface area (TPSA) is 61.5 Å². The minimum Gasteiger partial charge on any atom is -0.317 e. The Kier molecular flexibility index (Phi) is 6.59. The molecule has 0 saturated carbocycles. The minimum absolute atomic E-state index is 0.166. The number of rotatable bonds is 7. The molecule has 0 aliphatic heterocycles. The molecule has 0 saturated heterocycles. The van der Waals surface area contributed by atoms with Gasteiger partial charge in [0.15, 0.2) is 0 Å². The summed E-state index contributed by atoms with van der Waals surface area (Å²) < 4.78 is 23.9. The smallest absolute Gasteiger partial charge is 0.317 e. The highest BCUT2D eigenvalue weighted by atomic mass is 35.5. The van der Waals surface area contributed by atoms with Gasteiger partial charge in [0.05, 0.1) is 0 Å². The van der Waals surface area contributed by atoms with Crippen LogP contribution in [-0.4, -0.2) is 20.0 Å². The van der Waals surface area contributed by atoms with Crippen LogP contribution in [0.1, 0.15) is 23.5 Å². The van der Waals surface area contributed by atoms with Crippen LogP contribution in [0.25, 0.3) is 0 Å². The first-order chi connectivity index (χ1) is 13.5. The predicted octanol–water partition coefficient (Wildman–Crippen LogP) is 5.66. The first-order valence-corrected chi connectivity index (χ1v) is 11.1. The molecule has 2 N–H and O–H groups in total. The van der Waals surface area contributed by atoms with Gasteiger partial charge < -0.3 is 14.8 Å². The Morgan fingerprint density at radius 2 is 1.50 bits per heavy atom. The van der Waals surface area contributed by atoms with Crippen LogP contribution in [0.5, 0.6) is 0 Å². The van der Waals surface area contributed by atoms with E-state index in [9.17, 15) is 4.57 Å². The summed E-state index contributed by atoms with van der Waals surface area (Å²) >= 11 is 6.23.